The number of rotatable bonds is 4. The molecule has 0 saturated heterocycles. The summed E-state index contributed by atoms with van der Waals surface area (Å²) in [5.41, 5.74) is -0.430. The first kappa shape index (κ1) is 18.6. The Bertz CT molecular complexity index is 597. The number of hydrogen-bond acceptors (Lipinski definition) is 4. The van der Waals surface area contributed by atoms with Crippen molar-refractivity contribution >= 4 is 5.97 Å². The summed E-state index contributed by atoms with van der Waals surface area (Å²) >= 11 is 0. The van der Waals surface area contributed by atoms with E-state index in [0.29, 0.717) is 23.5 Å². The fourth-order valence-corrected chi connectivity index (χ4v) is 3.79. The van der Waals surface area contributed by atoms with Crippen LogP contribution in [0, 0.1) is 11.8 Å². The number of benzene rings is 1. The van der Waals surface area contributed by atoms with Crippen molar-refractivity contribution in [2.75, 3.05) is 0 Å². The van der Waals surface area contributed by atoms with Gasteiger partial charge in [0.05, 0.1) is 11.5 Å². The van der Waals surface area contributed by atoms with E-state index in [0.717, 1.165) is 12.8 Å². The van der Waals surface area contributed by atoms with E-state index in [4.69, 9.17) is 0 Å². The predicted molar refractivity (Wildman–Crippen MR) is 91.4 cm³/mol. The van der Waals surface area contributed by atoms with Gasteiger partial charge in [0, 0.05) is 5.56 Å². The summed E-state index contributed by atoms with van der Waals surface area (Å²) in [6.45, 7) is 7.27. The van der Waals surface area contributed by atoms with E-state index in [1.165, 1.54) is 26.0 Å². The lowest BCUT2D eigenvalue weighted by Crippen LogP contribution is -2.30. The maximum absolute atomic E-state index is 11.4. The van der Waals surface area contributed by atoms with Gasteiger partial charge in [-0.05, 0) is 68.6 Å². The normalized spacial score (nSPS) is 25.0. The van der Waals surface area contributed by atoms with E-state index in [1.54, 1.807) is 0 Å². The summed E-state index contributed by atoms with van der Waals surface area (Å²) in [4.78, 5) is 11.4. The maximum atomic E-state index is 11.4. The summed E-state index contributed by atoms with van der Waals surface area (Å²) in [5.74, 6) is -0.744. The van der Waals surface area contributed by atoms with Crippen LogP contribution in [0.3, 0.4) is 0 Å². The highest BCUT2D eigenvalue weighted by Crippen LogP contribution is 2.48. The molecule has 1 aromatic carbocycles. The molecule has 0 unspecified atom stereocenters. The second-order valence-corrected chi connectivity index (χ2v) is 7.84. The number of carbonyl (C=O) groups is 1. The van der Waals surface area contributed by atoms with Gasteiger partial charge in [-0.25, -0.2) is 0 Å². The third-order valence-electron chi connectivity index (χ3n) is 5.50. The Morgan fingerprint density at radius 2 is 1.71 bits per heavy atom. The number of aliphatic hydroxyl groups is 1. The van der Waals surface area contributed by atoms with Crippen LogP contribution in [0.25, 0.3) is 0 Å². The van der Waals surface area contributed by atoms with E-state index in [-0.39, 0.29) is 23.3 Å². The largest absolute Gasteiger partial charge is 0.508 e. The molecule has 5 heteroatoms. The van der Waals surface area contributed by atoms with Crippen molar-refractivity contribution in [2.45, 2.75) is 64.4 Å². The molecular formula is C19H28O5. The quantitative estimate of drug-likeness (QED) is 0.676. The van der Waals surface area contributed by atoms with Crippen LogP contribution >= 0.6 is 0 Å². The Balaban J connectivity index is 2.49. The SMILES string of the molecule is CC(C)[C@@H]1CC[C@@H](O)C[C@H]1c1c(O)cc(C(C)(C)C(=O)O)cc1O. The average Bonchev–Trinajstić information content (AvgIpc) is 2.45. The molecule has 3 atom stereocenters. The molecule has 0 spiro atoms. The fourth-order valence-electron chi connectivity index (χ4n) is 3.79. The minimum atomic E-state index is -1.21. The number of phenols is 2. The van der Waals surface area contributed by atoms with Gasteiger partial charge in [-0.15, -0.1) is 0 Å². The molecule has 4 N–H and O–H groups in total. The number of carboxylic acids is 1. The van der Waals surface area contributed by atoms with Crippen LogP contribution in [0.2, 0.25) is 0 Å². The van der Waals surface area contributed by atoms with E-state index in [9.17, 15) is 25.2 Å². The molecule has 0 aliphatic heterocycles. The van der Waals surface area contributed by atoms with Gasteiger partial charge in [0.2, 0.25) is 0 Å². The predicted octanol–water partition coefficient (Wildman–Crippen LogP) is 3.36. The van der Waals surface area contributed by atoms with E-state index >= 15 is 0 Å². The fraction of sp³-hybridized carbons (Fsp3) is 0.632. The molecule has 0 aromatic heterocycles. The molecule has 24 heavy (non-hydrogen) atoms. The smallest absolute Gasteiger partial charge is 0.313 e. The zero-order valence-corrected chi connectivity index (χ0v) is 14.8. The van der Waals surface area contributed by atoms with Crippen LogP contribution in [-0.2, 0) is 10.2 Å². The van der Waals surface area contributed by atoms with Gasteiger partial charge in [-0.3, -0.25) is 4.79 Å². The Morgan fingerprint density at radius 3 is 2.17 bits per heavy atom. The molecule has 1 aliphatic carbocycles. The minimum Gasteiger partial charge on any atom is -0.508 e. The van der Waals surface area contributed by atoms with Crippen molar-refractivity contribution < 1.29 is 25.2 Å². The maximum Gasteiger partial charge on any atom is 0.313 e. The number of phenolic OH excluding ortho intramolecular Hbond substituents is 2. The van der Waals surface area contributed by atoms with Gasteiger partial charge >= 0.3 is 5.97 Å². The highest BCUT2D eigenvalue weighted by Gasteiger charge is 2.37. The lowest BCUT2D eigenvalue weighted by molar-refractivity contribution is -0.142. The van der Waals surface area contributed by atoms with E-state index < -0.39 is 17.5 Å². The first-order valence-corrected chi connectivity index (χ1v) is 8.53. The molecule has 134 valence electrons. The molecule has 0 amide bonds. The number of aliphatic hydroxyl groups excluding tert-OH is 1. The van der Waals surface area contributed by atoms with Crippen molar-refractivity contribution in [1.29, 1.82) is 0 Å². The van der Waals surface area contributed by atoms with Crippen LogP contribution in [0.4, 0.5) is 0 Å². The third-order valence-corrected chi connectivity index (χ3v) is 5.50. The Hall–Kier alpha value is -1.75. The minimum absolute atomic E-state index is 0.0934. The number of carboxylic acid groups (broad SMARTS) is 1. The number of hydrogen-bond donors (Lipinski definition) is 4. The number of aliphatic carboxylic acids is 1. The van der Waals surface area contributed by atoms with Crippen molar-refractivity contribution in [1.82, 2.24) is 0 Å². The van der Waals surface area contributed by atoms with Crippen LogP contribution < -0.4 is 0 Å². The van der Waals surface area contributed by atoms with Crippen molar-refractivity contribution in [2.24, 2.45) is 11.8 Å². The first-order valence-electron chi connectivity index (χ1n) is 8.53. The summed E-state index contributed by atoms with van der Waals surface area (Å²) in [7, 11) is 0. The van der Waals surface area contributed by atoms with Crippen molar-refractivity contribution in [3.05, 3.63) is 23.3 Å². The number of aromatic hydroxyl groups is 2. The van der Waals surface area contributed by atoms with Gasteiger partial charge in [-0.1, -0.05) is 13.8 Å². The standard InChI is InChI=1S/C19H28O5/c1-10(2)13-6-5-12(20)9-14(13)17-15(21)7-11(8-16(17)22)19(3,4)18(23)24/h7-8,10,12-14,20-22H,5-6,9H2,1-4H3,(H,23,24)/t12-,13+,14-/m1/s1. The van der Waals surface area contributed by atoms with Gasteiger partial charge in [0.1, 0.15) is 11.5 Å². The molecule has 1 aromatic rings. The summed E-state index contributed by atoms with van der Waals surface area (Å²) in [6, 6.07) is 2.86. The van der Waals surface area contributed by atoms with Crippen LogP contribution in [-0.4, -0.2) is 32.5 Å². The van der Waals surface area contributed by atoms with Crippen LogP contribution in [0.1, 0.15) is 64.0 Å². The topological polar surface area (TPSA) is 98.0 Å². The van der Waals surface area contributed by atoms with E-state index in [1.807, 2.05) is 0 Å². The lowest BCUT2D eigenvalue weighted by Gasteiger charge is -2.37. The first-order chi connectivity index (χ1) is 11.1. The Labute approximate surface area is 143 Å². The molecule has 5 nitrogen and oxygen atoms in total. The Kier molecular flexibility index (Phi) is 5.14. The summed E-state index contributed by atoms with van der Waals surface area (Å²) < 4.78 is 0. The molecule has 0 radical (unpaired) electrons. The summed E-state index contributed by atoms with van der Waals surface area (Å²) in [5, 5.41) is 40.4. The van der Waals surface area contributed by atoms with E-state index in [2.05, 4.69) is 13.8 Å². The molecule has 1 saturated carbocycles. The molecule has 0 bridgehead atoms. The third kappa shape index (κ3) is 3.36. The van der Waals surface area contributed by atoms with Crippen molar-refractivity contribution in [3.63, 3.8) is 0 Å². The highest BCUT2D eigenvalue weighted by atomic mass is 16.4. The highest BCUT2D eigenvalue weighted by molar-refractivity contribution is 5.80. The molecule has 1 fully saturated rings. The molecule has 0 heterocycles. The Morgan fingerprint density at radius 1 is 1.17 bits per heavy atom. The molecule has 2 rings (SSSR count). The zero-order chi connectivity index (χ0) is 18.2. The molecule has 1 aliphatic rings. The molecular weight excluding hydrogens is 308 g/mol. The summed E-state index contributed by atoms with van der Waals surface area (Å²) in [6.07, 6.45) is 1.61. The lowest BCUT2D eigenvalue weighted by atomic mass is 9.69. The second-order valence-electron chi connectivity index (χ2n) is 7.84. The van der Waals surface area contributed by atoms with Crippen LogP contribution in [0.15, 0.2) is 12.1 Å². The monoisotopic (exact) mass is 336 g/mol. The zero-order valence-electron chi connectivity index (χ0n) is 14.8. The van der Waals surface area contributed by atoms with Gasteiger partial charge < -0.3 is 20.4 Å². The second kappa shape index (κ2) is 6.63. The van der Waals surface area contributed by atoms with Gasteiger partial charge in [-0.2, -0.15) is 0 Å². The van der Waals surface area contributed by atoms with Crippen molar-refractivity contribution in [3.8, 4) is 11.5 Å². The van der Waals surface area contributed by atoms with Gasteiger partial charge in [0.25, 0.3) is 0 Å². The van der Waals surface area contributed by atoms with Crippen LogP contribution in [0.5, 0.6) is 11.5 Å². The van der Waals surface area contributed by atoms with Gasteiger partial charge in [0.15, 0.2) is 0 Å². The average molecular weight is 336 g/mol.